The summed E-state index contributed by atoms with van der Waals surface area (Å²) in [6.07, 6.45) is 4.05. The number of hydrogen-bond acceptors (Lipinski definition) is 2. The summed E-state index contributed by atoms with van der Waals surface area (Å²) < 4.78 is 12.9. The van der Waals surface area contributed by atoms with Gasteiger partial charge in [0.25, 0.3) is 0 Å². The third-order valence-corrected chi connectivity index (χ3v) is 3.40. The Hall–Kier alpha value is -0.640. The Morgan fingerprint density at radius 1 is 1.33 bits per heavy atom. The molecule has 1 atom stereocenters. The molecule has 1 rings (SSSR count). The van der Waals surface area contributed by atoms with Gasteiger partial charge in [-0.05, 0) is 36.5 Å². The standard InChI is InChI=1S/C14H22ClFN2/c1-10(2)4-3-5-13(18-17)8-11-6-7-12(16)9-14(11)15/h6-7,9-10,13,18H,3-5,8,17H2,1-2H3. The van der Waals surface area contributed by atoms with E-state index in [2.05, 4.69) is 19.3 Å². The molecule has 0 spiro atoms. The maximum Gasteiger partial charge on any atom is 0.124 e. The lowest BCUT2D eigenvalue weighted by Gasteiger charge is -2.17. The normalized spacial score (nSPS) is 13.0. The van der Waals surface area contributed by atoms with Gasteiger partial charge in [0.1, 0.15) is 5.82 Å². The molecule has 1 aromatic rings. The maximum absolute atomic E-state index is 12.9. The van der Waals surface area contributed by atoms with Crippen molar-refractivity contribution in [1.29, 1.82) is 0 Å². The fraction of sp³-hybridized carbons (Fsp3) is 0.571. The summed E-state index contributed by atoms with van der Waals surface area (Å²) in [4.78, 5) is 0. The van der Waals surface area contributed by atoms with Crippen LogP contribution in [0.15, 0.2) is 18.2 Å². The topological polar surface area (TPSA) is 38.0 Å². The number of rotatable bonds is 7. The minimum absolute atomic E-state index is 0.187. The average Bonchev–Trinajstić information content (AvgIpc) is 2.30. The van der Waals surface area contributed by atoms with Gasteiger partial charge in [0.15, 0.2) is 0 Å². The maximum atomic E-state index is 12.9. The molecule has 0 heterocycles. The predicted octanol–water partition coefficient (Wildman–Crippen LogP) is 3.68. The van der Waals surface area contributed by atoms with E-state index in [1.165, 1.54) is 18.6 Å². The van der Waals surface area contributed by atoms with Crippen molar-refractivity contribution >= 4 is 11.6 Å². The van der Waals surface area contributed by atoms with Gasteiger partial charge in [0.05, 0.1) is 0 Å². The summed E-state index contributed by atoms with van der Waals surface area (Å²) in [5, 5.41) is 0.471. The Labute approximate surface area is 114 Å². The first kappa shape index (κ1) is 15.4. The van der Waals surface area contributed by atoms with Crippen molar-refractivity contribution in [1.82, 2.24) is 5.43 Å². The van der Waals surface area contributed by atoms with Crippen LogP contribution in [-0.4, -0.2) is 6.04 Å². The fourth-order valence-corrected chi connectivity index (χ4v) is 2.21. The van der Waals surface area contributed by atoms with E-state index >= 15 is 0 Å². The van der Waals surface area contributed by atoms with Crippen molar-refractivity contribution < 1.29 is 4.39 Å². The lowest BCUT2D eigenvalue weighted by atomic mass is 9.98. The second kappa shape index (κ2) is 7.72. The number of hydrazine groups is 1. The SMILES string of the molecule is CC(C)CCCC(Cc1ccc(F)cc1Cl)NN. The Kier molecular flexibility index (Phi) is 6.61. The summed E-state index contributed by atoms with van der Waals surface area (Å²) in [6.45, 7) is 4.42. The lowest BCUT2D eigenvalue weighted by Crippen LogP contribution is -2.36. The minimum atomic E-state index is -0.305. The molecule has 0 aliphatic carbocycles. The van der Waals surface area contributed by atoms with Crippen molar-refractivity contribution in [2.75, 3.05) is 0 Å². The van der Waals surface area contributed by atoms with Crippen LogP contribution in [-0.2, 0) is 6.42 Å². The molecule has 4 heteroatoms. The van der Waals surface area contributed by atoms with E-state index < -0.39 is 0 Å². The molecule has 0 amide bonds. The number of halogens is 2. The average molecular weight is 273 g/mol. The Bertz CT molecular complexity index is 369. The van der Waals surface area contributed by atoms with E-state index in [4.69, 9.17) is 17.4 Å². The van der Waals surface area contributed by atoms with Crippen molar-refractivity contribution in [2.45, 2.75) is 45.6 Å². The zero-order valence-corrected chi connectivity index (χ0v) is 11.8. The van der Waals surface area contributed by atoms with Gasteiger partial charge in [-0.1, -0.05) is 44.4 Å². The van der Waals surface area contributed by atoms with Crippen LogP contribution in [0.5, 0.6) is 0 Å². The first-order valence-electron chi connectivity index (χ1n) is 6.43. The number of benzene rings is 1. The van der Waals surface area contributed by atoms with E-state index in [1.54, 1.807) is 6.07 Å². The van der Waals surface area contributed by atoms with E-state index in [0.29, 0.717) is 10.9 Å². The third kappa shape index (κ3) is 5.34. The summed E-state index contributed by atoms with van der Waals surface area (Å²) in [5.74, 6) is 5.95. The summed E-state index contributed by atoms with van der Waals surface area (Å²) in [7, 11) is 0. The quantitative estimate of drug-likeness (QED) is 0.587. The first-order chi connectivity index (χ1) is 8.52. The largest absolute Gasteiger partial charge is 0.271 e. The molecule has 0 bridgehead atoms. The van der Waals surface area contributed by atoms with Crippen LogP contribution in [0, 0.1) is 11.7 Å². The highest BCUT2D eigenvalue weighted by Crippen LogP contribution is 2.20. The predicted molar refractivity (Wildman–Crippen MR) is 74.9 cm³/mol. The number of nitrogens with two attached hydrogens (primary N) is 1. The molecule has 0 saturated heterocycles. The molecule has 1 unspecified atom stereocenters. The van der Waals surface area contributed by atoms with E-state index in [0.717, 1.165) is 24.8 Å². The van der Waals surface area contributed by atoms with Crippen LogP contribution in [0.3, 0.4) is 0 Å². The number of hydrogen-bond donors (Lipinski definition) is 2. The van der Waals surface area contributed by atoms with Gasteiger partial charge in [-0.2, -0.15) is 0 Å². The third-order valence-electron chi connectivity index (χ3n) is 3.05. The molecule has 0 saturated carbocycles. The second-order valence-electron chi connectivity index (χ2n) is 5.13. The van der Waals surface area contributed by atoms with Crippen molar-refractivity contribution in [3.63, 3.8) is 0 Å². The molecule has 3 N–H and O–H groups in total. The van der Waals surface area contributed by atoms with Crippen LogP contribution in [0.4, 0.5) is 4.39 Å². The molecule has 0 aromatic heterocycles. The fourth-order valence-electron chi connectivity index (χ4n) is 1.97. The molecule has 0 aliphatic heterocycles. The van der Waals surface area contributed by atoms with Gasteiger partial charge in [-0.25, -0.2) is 4.39 Å². The van der Waals surface area contributed by atoms with Crippen molar-refractivity contribution in [3.05, 3.63) is 34.6 Å². The highest BCUT2D eigenvalue weighted by atomic mass is 35.5. The van der Waals surface area contributed by atoms with Gasteiger partial charge < -0.3 is 0 Å². The number of nitrogens with one attached hydrogen (secondary N) is 1. The van der Waals surface area contributed by atoms with E-state index in [-0.39, 0.29) is 11.9 Å². The monoisotopic (exact) mass is 272 g/mol. The Balaban J connectivity index is 2.51. The second-order valence-corrected chi connectivity index (χ2v) is 5.54. The minimum Gasteiger partial charge on any atom is -0.271 e. The molecular weight excluding hydrogens is 251 g/mol. The summed E-state index contributed by atoms with van der Waals surface area (Å²) in [6, 6.07) is 4.69. The molecule has 0 aliphatic rings. The molecular formula is C14H22ClFN2. The van der Waals surface area contributed by atoms with Gasteiger partial charge >= 0.3 is 0 Å². The highest BCUT2D eigenvalue weighted by Gasteiger charge is 2.11. The van der Waals surface area contributed by atoms with Crippen molar-refractivity contribution in [2.24, 2.45) is 11.8 Å². The highest BCUT2D eigenvalue weighted by molar-refractivity contribution is 6.31. The zero-order chi connectivity index (χ0) is 13.5. The van der Waals surface area contributed by atoms with Crippen molar-refractivity contribution in [3.8, 4) is 0 Å². The molecule has 0 fully saturated rings. The van der Waals surface area contributed by atoms with Crippen LogP contribution in [0.2, 0.25) is 5.02 Å². The summed E-state index contributed by atoms with van der Waals surface area (Å²) >= 11 is 6.01. The van der Waals surface area contributed by atoms with Crippen LogP contribution in [0.1, 0.15) is 38.7 Å². The first-order valence-corrected chi connectivity index (χ1v) is 6.80. The van der Waals surface area contributed by atoms with E-state index in [1.807, 2.05) is 0 Å². The molecule has 1 aromatic carbocycles. The van der Waals surface area contributed by atoms with Gasteiger partial charge in [0, 0.05) is 11.1 Å². The van der Waals surface area contributed by atoms with Crippen LogP contribution >= 0.6 is 11.6 Å². The smallest absolute Gasteiger partial charge is 0.124 e. The van der Waals surface area contributed by atoms with Gasteiger partial charge in [-0.15, -0.1) is 0 Å². The van der Waals surface area contributed by atoms with Gasteiger partial charge in [-0.3, -0.25) is 11.3 Å². The lowest BCUT2D eigenvalue weighted by molar-refractivity contribution is 0.441. The summed E-state index contributed by atoms with van der Waals surface area (Å²) in [5.41, 5.74) is 3.75. The zero-order valence-electron chi connectivity index (χ0n) is 11.0. The Morgan fingerprint density at radius 3 is 2.61 bits per heavy atom. The Morgan fingerprint density at radius 2 is 2.06 bits per heavy atom. The molecule has 2 nitrogen and oxygen atoms in total. The van der Waals surface area contributed by atoms with Crippen LogP contribution in [0.25, 0.3) is 0 Å². The van der Waals surface area contributed by atoms with Gasteiger partial charge in [0.2, 0.25) is 0 Å². The molecule has 0 radical (unpaired) electrons. The van der Waals surface area contributed by atoms with E-state index in [9.17, 15) is 4.39 Å². The molecule has 102 valence electrons. The molecule has 18 heavy (non-hydrogen) atoms. The van der Waals surface area contributed by atoms with Crippen LogP contribution < -0.4 is 11.3 Å².